The van der Waals surface area contributed by atoms with E-state index in [-0.39, 0.29) is 11.9 Å². The van der Waals surface area contributed by atoms with Gasteiger partial charge in [-0.3, -0.25) is 4.79 Å². The second-order valence-electron chi connectivity index (χ2n) is 7.54. The van der Waals surface area contributed by atoms with Gasteiger partial charge in [0, 0.05) is 38.4 Å². The molecule has 1 aromatic rings. The standard InChI is InChI=1S/C21H34N4O3S/c1-5-18(25-13-7-8-20(25)26)11-12-23-21(22-6-2)24-15-17-9-10-19(16(3)14-17)29(4,27)28/h9-10,14,18H,5-8,11-13,15H2,1-4H3,(H2,22,23,24). The van der Waals surface area contributed by atoms with Gasteiger partial charge in [-0.25, -0.2) is 13.4 Å². The SMILES string of the molecule is CCNC(=NCc1ccc(S(C)(=O)=O)c(C)c1)NCCC(CC)N1CCCC1=O. The Kier molecular flexibility index (Phi) is 8.49. The third-order valence-electron chi connectivity index (χ3n) is 5.19. The summed E-state index contributed by atoms with van der Waals surface area (Å²) < 4.78 is 23.5. The van der Waals surface area contributed by atoms with Gasteiger partial charge in [-0.1, -0.05) is 19.1 Å². The number of benzene rings is 1. The number of guanidine groups is 1. The molecule has 0 aromatic heterocycles. The van der Waals surface area contributed by atoms with E-state index in [0.717, 1.165) is 56.0 Å². The summed E-state index contributed by atoms with van der Waals surface area (Å²) >= 11 is 0. The molecule has 1 aromatic carbocycles. The van der Waals surface area contributed by atoms with Gasteiger partial charge >= 0.3 is 0 Å². The molecular weight excluding hydrogens is 388 g/mol. The highest BCUT2D eigenvalue weighted by Crippen LogP contribution is 2.18. The van der Waals surface area contributed by atoms with Crippen molar-refractivity contribution in [1.29, 1.82) is 0 Å². The Labute approximate surface area is 174 Å². The van der Waals surface area contributed by atoms with Gasteiger partial charge in [0.15, 0.2) is 15.8 Å². The lowest BCUT2D eigenvalue weighted by molar-refractivity contribution is -0.129. The molecule has 7 nitrogen and oxygen atoms in total. The Hall–Kier alpha value is -2.09. The van der Waals surface area contributed by atoms with E-state index in [2.05, 4.69) is 22.5 Å². The third kappa shape index (κ3) is 6.73. The fourth-order valence-corrected chi connectivity index (χ4v) is 4.69. The fourth-order valence-electron chi connectivity index (χ4n) is 3.73. The highest BCUT2D eigenvalue weighted by Gasteiger charge is 2.26. The maximum absolute atomic E-state index is 12.0. The lowest BCUT2D eigenvalue weighted by atomic mass is 10.1. The fraction of sp³-hybridized carbons (Fsp3) is 0.619. The number of aryl methyl sites for hydroxylation is 1. The number of aliphatic imine (C=N–C) groups is 1. The second-order valence-corrected chi connectivity index (χ2v) is 9.52. The van der Waals surface area contributed by atoms with E-state index in [1.54, 1.807) is 13.0 Å². The van der Waals surface area contributed by atoms with Crippen LogP contribution < -0.4 is 10.6 Å². The number of likely N-dealkylation sites (tertiary alicyclic amines) is 1. The van der Waals surface area contributed by atoms with Crippen molar-refractivity contribution in [3.8, 4) is 0 Å². The molecule has 0 saturated carbocycles. The van der Waals surface area contributed by atoms with Gasteiger partial charge < -0.3 is 15.5 Å². The Bertz CT molecular complexity index is 836. The first-order valence-electron chi connectivity index (χ1n) is 10.4. The Morgan fingerprint density at radius 3 is 2.59 bits per heavy atom. The average Bonchev–Trinajstić information content (AvgIpc) is 3.08. The minimum Gasteiger partial charge on any atom is -0.357 e. The van der Waals surface area contributed by atoms with E-state index >= 15 is 0 Å². The molecule has 1 aliphatic rings. The number of rotatable bonds is 9. The van der Waals surface area contributed by atoms with Crippen LogP contribution in [0.3, 0.4) is 0 Å². The molecule has 2 rings (SSSR count). The second kappa shape index (κ2) is 10.6. The maximum atomic E-state index is 12.0. The Morgan fingerprint density at radius 1 is 1.28 bits per heavy atom. The van der Waals surface area contributed by atoms with Crippen molar-refractivity contribution in [2.24, 2.45) is 4.99 Å². The number of amides is 1. The molecule has 1 fully saturated rings. The van der Waals surface area contributed by atoms with Crippen molar-refractivity contribution >= 4 is 21.7 Å². The van der Waals surface area contributed by atoms with Gasteiger partial charge in [-0.15, -0.1) is 0 Å². The van der Waals surface area contributed by atoms with Crippen molar-refractivity contribution in [1.82, 2.24) is 15.5 Å². The van der Waals surface area contributed by atoms with E-state index in [4.69, 9.17) is 0 Å². The minimum absolute atomic E-state index is 0.269. The molecule has 1 amide bonds. The summed E-state index contributed by atoms with van der Waals surface area (Å²) in [6.07, 6.45) is 4.69. The van der Waals surface area contributed by atoms with Crippen molar-refractivity contribution in [2.45, 2.75) is 63.9 Å². The summed E-state index contributed by atoms with van der Waals surface area (Å²) in [6.45, 7) is 8.76. The number of hydrogen-bond donors (Lipinski definition) is 2. The van der Waals surface area contributed by atoms with Crippen molar-refractivity contribution in [3.63, 3.8) is 0 Å². The topological polar surface area (TPSA) is 90.9 Å². The summed E-state index contributed by atoms with van der Waals surface area (Å²) in [4.78, 5) is 19.0. The van der Waals surface area contributed by atoms with Crippen LogP contribution in [0.2, 0.25) is 0 Å². The number of nitrogens with zero attached hydrogens (tertiary/aromatic N) is 2. The van der Waals surface area contributed by atoms with Crippen LogP contribution in [0.4, 0.5) is 0 Å². The van der Waals surface area contributed by atoms with Crippen LogP contribution in [0.5, 0.6) is 0 Å². The van der Waals surface area contributed by atoms with Crippen LogP contribution in [-0.2, 0) is 21.2 Å². The predicted molar refractivity (Wildman–Crippen MR) is 117 cm³/mol. The van der Waals surface area contributed by atoms with Crippen LogP contribution in [0.1, 0.15) is 50.7 Å². The molecule has 2 N–H and O–H groups in total. The summed E-state index contributed by atoms with van der Waals surface area (Å²) in [7, 11) is -3.21. The Balaban J connectivity index is 1.95. The lowest BCUT2D eigenvalue weighted by Crippen LogP contribution is -2.42. The summed E-state index contributed by atoms with van der Waals surface area (Å²) in [5.41, 5.74) is 1.69. The number of sulfone groups is 1. The largest absolute Gasteiger partial charge is 0.357 e. The molecule has 1 atom stereocenters. The maximum Gasteiger partial charge on any atom is 0.222 e. The minimum atomic E-state index is -3.21. The highest BCUT2D eigenvalue weighted by atomic mass is 32.2. The average molecular weight is 423 g/mol. The summed E-state index contributed by atoms with van der Waals surface area (Å²) in [5, 5.41) is 6.58. The van der Waals surface area contributed by atoms with E-state index in [0.29, 0.717) is 17.9 Å². The zero-order valence-corrected chi connectivity index (χ0v) is 18.8. The predicted octanol–water partition coefficient (Wildman–Crippen LogP) is 2.24. The normalized spacial score (nSPS) is 16.2. The van der Waals surface area contributed by atoms with Crippen molar-refractivity contribution in [3.05, 3.63) is 29.3 Å². The quantitative estimate of drug-likeness (QED) is 0.470. The molecule has 0 bridgehead atoms. The number of carbonyl (C=O) groups excluding carboxylic acids is 1. The van der Waals surface area contributed by atoms with Gasteiger partial charge in [0.25, 0.3) is 0 Å². The van der Waals surface area contributed by atoms with Gasteiger partial charge in [-0.2, -0.15) is 0 Å². The van der Waals surface area contributed by atoms with E-state index in [1.165, 1.54) is 6.26 Å². The van der Waals surface area contributed by atoms with E-state index in [9.17, 15) is 13.2 Å². The third-order valence-corrected chi connectivity index (χ3v) is 6.45. The number of hydrogen-bond acceptors (Lipinski definition) is 4. The van der Waals surface area contributed by atoms with Gasteiger partial charge in [-0.05, 0) is 50.3 Å². The monoisotopic (exact) mass is 422 g/mol. The molecule has 162 valence electrons. The first kappa shape index (κ1) is 23.2. The first-order valence-corrected chi connectivity index (χ1v) is 12.3. The van der Waals surface area contributed by atoms with Crippen molar-refractivity contribution in [2.75, 3.05) is 25.9 Å². The number of carbonyl (C=O) groups is 1. The number of nitrogens with one attached hydrogen (secondary N) is 2. The van der Waals surface area contributed by atoms with Gasteiger partial charge in [0.2, 0.25) is 5.91 Å². The van der Waals surface area contributed by atoms with Crippen LogP contribution in [0.15, 0.2) is 28.1 Å². The van der Waals surface area contributed by atoms with Crippen LogP contribution >= 0.6 is 0 Å². The molecule has 0 aliphatic carbocycles. The van der Waals surface area contributed by atoms with E-state index < -0.39 is 9.84 Å². The molecule has 1 aliphatic heterocycles. The van der Waals surface area contributed by atoms with Gasteiger partial charge in [0.05, 0.1) is 11.4 Å². The molecule has 1 saturated heterocycles. The van der Waals surface area contributed by atoms with Crippen LogP contribution in [0, 0.1) is 6.92 Å². The van der Waals surface area contributed by atoms with Crippen LogP contribution in [0.25, 0.3) is 0 Å². The molecule has 0 spiro atoms. The molecule has 0 radical (unpaired) electrons. The van der Waals surface area contributed by atoms with E-state index in [1.807, 2.05) is 24.0 Å². The zero-order chi connectivity index (χ0) is 21.4. The lowest BCUT2D eigenvalue weighted by Gasteiger charge is -2.27. The molecule has 29 heavy (non-hydrogen) atoms. The molecule has 8 heteroatoms. The first-order chi connectivity index (χ1) is 13.8. The Morgan fingerprint density at radius 2 is 2.03 bits per heavy atom. The molecular formula is C21H34N4O3S. The van der Waals surface area contributed by atoms with Crippen LogP contribution in [-0.4, -0.2) is 57.1 Å². The summed E-state index contributed by atoms with van der Waals surface area (Å²) in [5.74, 6) is 0.991. The smallest absolute Gasteiger partial charge is 0.222 e. The van der Waals surface area contributed by atoms with Gasteiger partial charge in [0.1, 0.15) is 0 Å². The molecule has 1 unspecified atom stereocenters. The zero-order valence-electron chi connectivity index (χ0n) is 18.0. The molecule has 1 heterocycles. The highest BCUT2D eigenvalue weighted by molar-refractivity contribution is 7.90. The summed E-state index contributed by atoms with van der Waals surface area (Å²) in [6, 6.07) is 5.60. The van der Waals surface area contributed by atoms with Crippen molar-refractivity contribution < 1.29 is 13.2 Å².